The largest absolute Gasteiger partial charge is 0.387 e. The van der Waals surface area contributed by atoms with E-state index in [2.05, 4.69) is 0 Å². The van der Waals surface area contributed by atoms with Gasteiger partial charge in [-0.25, -0.2) is 0 Å². The molecule has 1 nitrogen and oxygen atoms in total. The number of aryl methyl sites for hydroxylation is 1. The number of hydrogen-bond donors (Lipinski definition) is 1. The summed E-state index contributed by atoms with van der Waals surface area (Å²) < 4.78 is 0. The van der Waals surface area contributed by atoms with E-state index in [4.69, 9.17) is 23.2 Å². The average molecular weight is 287 g/mol. The lowest BCUT2D eigenvalue weighted by Gasteiger charge is -2.10. The molecule has 0 radical (unpaired) electrons. The molecule has 0 saturated carbocycles. The zero-order valence-corrected chi connectivity index (χ0v) is 11.6. The second-order valence-corrected chi connectivity index (χ2v) is 5.99. The van der Waals surface area contributed by atoms with E-state index in [1.165, 1.54) is 4.88 Å². The molecule has 0 aliphatic heterocycles. The summed E-state index contributed by atoms with van der Waals surface area (Å²) in [6.07, 6.45) is -0.0380. The summed E-state index contributed by atoms with van der Waals surface area (Å²) in [5, 5.41) is 11.2. The first kappa shape index (κ1) is 12.9. The molecule has 0 aliphatic rings. The van der Waals surface area contributed by atoms with Crippen LogP contribution in [0.2, 0.25) is 10.0 Å². The molecule has 17 heavy (non-hydrogen) atoms. The number of aliphatic hydroxyl groups is 1. The molecule has 1 heterocycles. The molecule has 0 aliphatic carbocycles. The minimum Gasteiger partial charge on any atom is -0.387 e. The number of rotatable bonds is 3. The molecule has 1 N–H and O–H groups in total. The minimum atomic E-state index is -0.523. The molecule has 0 bridgehead atoms. The molecule has 4 heteroatoms. The SMILES string of the molecule is Cc1ccc(C(O)Cc2cccc(Cl)c2Cl)s1. The molecule has 1 unspecified atom stereocenters. The molecular weight excluding hydrogens is 275 g/mol. The topological polar surface area (TPSA) is 20.2 Å². The summed E-state index contributed by atoms with van der Waals surface area (Å²) in [7, 11) is 0. The van der Waals surface area contributed by atoms with Crippen LogP contribution in [0.25, 0.3) is 0 Å². The number of aliphatic hydroxyl groups excluding tert-OH is 1. The highest BCUT2D eigenvalue weighted by molar-refractivity contribution is 7.12. The smallest absolute Gasteiger partial charge is 0.0922 e. The highest BCUT2D eigenvalue weighted by Crippen LogP contribution is 2.31. The maximum Gasteiger partial charge on any atom is 0.0922 e. The molecular formula is C13H12Cl2OS. The van der Waals surface area contributed by atoms with E-state index in [1.54, 1.807) is 17.4 Å². The molecule has 0 fully saturated rings. The zero-order valence-electron chi connectivity index (χ0n) is 9.28. The first-order valence-corrected chi connectivity index (χ1v) is 6.82. The van der Waals surface area contributed by atoms with Crippen molar-refractivity contribution in [3.8, 4) is 0 Å². The minimum absolute atomic E-state index is 0.485. The van der Waals surface area contributed by atoms with Gasteiger partial charge in [0.2, 0.25) is 0 Å². The zero-order chi connectivity index (χ0) is 12.4. The quantitative estimate of drug-likeness (QED) is 0.872. The van der Waals surface area contributed by atoms with Crippen molar-refractivity contribution in [2.75, 3.05) is 0 Å². The summed E-state index contributed by atoms with van der Waals surface area (Å²) in [4.78, 5) is 2.15. The van der Waals surface area contributed by atoms with Crippen LogP contribution in [0.15, 0.2) is 30.3 Å². The summed E-state index contributed by atoms with van der Waals surface area (Å²) in [6.45, 7) is 2.02. The molecule has 0 spiro atoms. The van der Waals surface area contributed by atoms with Crippen LogP contribution in [-0.2, 0) is 6.42 Å². The van der Waals surface area contributed by atoms with Gasteiger partial charge in [-0.05, 0) is 30.7 Å². The molecule has 2 aromatic rings. The Bertz CT molecular complexity index is 522. The van der Waals surface area contributed by atoms with Crippen molar-refractivity contribution in [1.82, 2.24) is 0 Å². The fraction of sp³-hybridized carbons (Fsp3) is 0.231. The summed E-state index contributed by atoms with van der Waals surface area (Å²) in [5.74, 6) is 0. The monoisotopic (exact) mass is 286 g/mol. The van der Waals surface area contributed by atoms with Crippen molar-refractivity contribution in [3.63, 3.8) is 0 Å². The number of benzene rings is 1. The second kappa shape index (κ2) is 5.40. The van der Waals surface area contributed by atoms with Gasteiger partial charge in [-0.15, -0.1) is 11.3 Å². The van der Waals surface area contributed by atoms with Crippen LogP contribution < -0.4 is 0 Å². The van der Waals surface area contributed by atoms with E-state index >= 15 is 0 Å². The predicted molar refractivity (Wildman–Crippen MR) is 74.2 cm³/mol. The number of hydrogen-bond acceptors (Lipinski definition) is 2. The van der Waals surface area contributed by atoms with Crippen molar-refractivity contribution < 1.29 is 5.11 Å². The molecule has 90 valence electrons. The van der Waals surface area contributed by atoms with E-state index in [-0.39, 0.29) is 0 Å². The third-order valence-corrected chi connectivity index (χ3v) is 4.49. The van der Waals surface area contributed by atoms with Gasteiger partial charge in [0.05, 0.1) is 16.1 Å². The normalized spacial score (nSPS) is 12.7. The maximum absolute atomic E-state index is 10.1. The Labute approximate surface area is 115 Å². The Morgan fingerprint density at radius 1 is 1.24 bits per heavy atom. The van der Waals surface area contributed by atoms with Gasteiger partial charge in [0.15, 0.2) is 0 Å². The highest BCUT2D eigenvalue weighted by Gasteiger charge is 2.13. The van der Waals surface area contributed by atoms with Gasteiger partial charge in [0.25, 0.3) is 0 Å². The third kappa shape index (κ3) is 3.02. The summed E-state index contributed by atoms with van der Waals surface area (Å²) in [6, 6.07) is 9.43. The van der Waals surface area contributed by atoms with Gasteiger partial charge in [-0.1, -0.05) is 35.3 Å². The molecule has 1 aromatic carbocycles. The van der Waals surface area contributed by atoms with Gasteiger partial charge < -0.3 is 5.11 Å². The van der Waals surface area contributed by atoms with Crippen LogP contribution >= 0.6 is 34.5 Å². The average Bonchev–Trinajstić information content (AvgIpc) is 2.72. The standard InChI is InChI=1S/C13H12Cl2OS/c1-8-5-6-12(17-8)11(16)7-9-3-2-4-10(14)13(9)15/h2-6,11,16H,7H2,1H3. The number of halogens is 2. The Morgan fingerprint density at radius 3 is 2.65 bits per heavy atom. The van der Waals surface area contributed by atoms with E-state index < -0.39 is 6.10 Å². The van der Waals surface area contributed by atoms with Gasteiger partial charge in [-0.2, -0.15) is 0 Å². The molecule has 0 amide bonds. The van der Waals surface area contributed by atoms with Crippen LogP contribution in [-0.4, -0.2) is 5.11 Å². The lowest BCUT2D eigenvalue weighted by atomic mass is 10.1. The van der Waals surface area contributed by atoms with Crippen LogP contribution in [0.3, 0.4) is 0 Å². The fourth-order valence-corrected chi connectivity index (χ4v) is 2.91. The highest BCUT2D eigenvalue weighted by atomic mass is 35.5. The lowest BCUT2D eigenvalue weighted by molar-refractivity contribution is 0.182. The van der Waals surface area contributed by atoms with Crippen molar-refractivity contribution in [2.24, 2.45) is 0 Å². The van der Waals surface area contributed by atoms with Gasteiger partial charge in [0.1, 0.15) is 0 Å². The summed E-state index contributed by atoms with van der Waals surface area (Å²) >= 11 is 13.6. The van der Waals surface area contributed by atoms with Crippen LogP contribution in [0.5, 0.6) is 0 Å². The molecule has 2 rings (SSSR count). The van der Waals surface area contributed by atoms with Gasteiger partial charge in [-0.3, -0.25) is 0 Å². The Balaban J connectivity index is 2.18. The van der Waals surface area contributed by atoms with E-state index in [0.717, 1.165) is 10.4 Å². The van der Waals surface area contributed by atoms with Crippen LogP contribution in [0.1, 0.15) is 21.4 Å². The first-order chi connectivity index (χ1) is 8.08. The van der Waals surface area contributed by atoms with Gasteiger partial charge in [0, 0.05) is 16.2 Å². The van der Waals surface area contributed by atoms with Crippen molar-refractivity contribution >= 4 is 34.5 Å². The van der Waals surface area contributed by atoms with Gasteiger partial charge >= 0.3 is 0 Å². The number of thiophene rings is 1. The van der Waals surface area contributed by atoms with Crippen LogP contribution in [0.4, 0.5) is 0 Å². The fourth-order valence-electron chi connectivity index (χ4n) is 1.65. The van der Waals surface area contributed by atoms with E-state index in [0.29, 0.717) is 16.5 Å². The van der Waals surface area contributed by atoms with E-state index in [1.807, 2.05) is 31.2 Å². The second-order valence-electron chi connectivity index (χ2n) is 3.88. The third-order valence-electron chi connectivity index (χ3n) is 2.53. The first-order valence-electron chi connectivity index (χ1n) is 5.25. The Morgan fingerprint density at radius 2 is 2.00 bits per heavy atom. The molecule has 1 atom stereocenters. The van der Waals surface area contributed by atoms with Crippen molar-refractivity contribution in [1.29, 1.82) is 0 Å². The van der Waals surface area contributed by atoms with Crippen LogP contribution in [0, 0.1) is 6.92 Å². The van der Waals surface area contributed by atoms with Crippen molar-refractivity contribution in [3.05, 3.63) is 55.7 Å². The molecule has 0 saturated heterocycles. The Kier molecular flexibility index (Phi) is 4.10. The molecule has 1 aromatic heterocycles. The predicted octanol–water partition coefficient (Wildman–Crippen LogP) is 4.64. The summed E-state index contributed by atoms with van der Waals surface area (Å²) in [5.41, 5.74) is 0.873. The van der Waals surface area contributed by atoms with E-state index in [9.17, 15) is 5.11 Å². The van der Waals surface area contributed by atoms with Crippen molar-refractivity contribution in [2.45, 2.75) is 19.4 Å². The lowest BCUT2D eigenvalue weighted by Crippen LogP contribution is -2.00. The Hall–Kier alpha value is -0.540. The maximum atomic E-state index is 10.1.